The van der Waals surface area contributed by atoms with Crippen LogP contribution in [0.4, 0.5) is 23.1 Å². The smallest absolute Gasteiger partial charge is 0.229 e. The van der Waals surface area contributed by atoms with Crippen molar-refractivity contribution in [2.75, 3.05) is 24.0 Å². The monoisotopic (exact) mass is 485 g/mol. The number of pyridine rings is 1. The van der Waals surface area contributed by atoms with Crippen LogP contribution < -0.4 is 15.9 Å². The number of halogens is 1. The van der Waals surface area contributed by atoms with E-state index in [2.05, 4.69) is 46.6 Å². The molecule has 0 radical (unpaired) electrons. The molecule has 0 amide bonds. The van der Waals surface area contributed by atoms with Crippen LogP contribution in [0.5, 0.6) is 0 Å². The van der Waals surface area contributed by atoms with Crippen molar-refractivity contribution in [2.24, 2.45) is 7.05 Å². The average Bonchev–Trinajstić information content (AvgIpc) is 2.97. The number of para-hydroxylation sites is 1. The molecule has 0 fully saturated rings. The molecule has 0 saturated heterocycles. The van der Waals surface area contributed by atoms with Gasteiger partial charge < -0.3 is 15.2 Å². The fourth-order valence-corrected chi connectivity index (χ4v) is 4.64. The van der Waals surface area contributed by atoms with Gasteiger partial charge in [0.2, 0.25) is 5.95 Å². The van der Waals surface area contributed by atoms with Gasteiger partial charge in [0.25, 0.3) is 0 Å². The van der Waals surface area contributed by atoms with Crippen LogP contribution >= 0.6 is 23.1 Å². The van der Waals surface area contributed by atoms with Gasteiger partial charge in [-0.25, -0.2) is 9.97 Å². The zero-order valence-corrected chi connectivity index (χ0v) is 19.5. The minimum atomic E-state index is -2.45. The fraction of sp³-hybridized carbons (Fsp3) is 0.200. The lowest BCUT2D eigenvalue weighted by Crippen LogP contribution is -2.11. The molecule has 4 aromatic rings. The number of fused-ring (bicyclic) bond motifs is 1. The topological polar surface area (TPSA) is 97.6 Å². The van der Waals surface area contributed by atoms with E-state index in [4.69, 9.17) is 0 Å². The second-order valence-electron chi connectivity index (χ2n) is 7.31. The van der Waals surface area contributed by atoms with Crippen LogP contribution in [0.3, 0.4) is 0 Å². The third-order valence-electron chi connectivity index (χ3n) is 4.60. The standard InChI is InChI=1S/C20H21BrN7OP/c1-12-14-9-13(10-22-19(14)28(2)27-12)24-20-23-11-15(21)18(26-20)25-16-7-5-6-8-17(16)30(3,4)29/h5-11H,1-4H3,(H2,23,24,25,26). The Morgan fingerprint density at radius 2 is 1.87 bits per heavy atom. The van der Waals surface area contributed by atoms with Crippen LogP contribution in [0.15, 0.2) is 47.2 Å². The van der Waals surface area contributed by atoms with E-state index in [1.807, 2.05) is 44.3 Å². The molecule has 4 rings (SSSR count). The molecule has 0 aliphatic rings. The number of hydrogen-bond acceptors (Lipinski definition) is 7. The summed E-state index contributed by atoms with van der Waals surface area (Å²) in [4.78, 5) is 13.4. The van der Waals surface area contributed by atoms with Crippen LogP contribution in [-0.2, 0) is 11.6 Å². The minimum Gasteiger partial charge on any atom is -0.339 e. The van der Waals surface area contributed by atoms with Crippen molar-refractivity contribution in [2.45, 2.75) is 6.92 Å². The lowest BCUT2D eigenvalue weighted by Gasteiger charge is -2.16. The van der Waals surface area contributed by atoms with Crippen molar-refractivity contribution in [1.82, 2.24) is 24.7 Å². The van der Waals surface area contributed by atoms with Crippen molar-refractivity contribution in [1.29, 1.82) is 0 Å². The molecule has 1 aromatic carbocycles. The molecule has 0 spiro atoms. The number of rotatable bonds is 5. The van der Waals surface area contributed by atoms with E-state index in [9.17, 15) is 4.57 Å². The van der Waals surface area contributed by atoms with Crippen molar-refractivity contribution < 1.29 is 4.57 Å². The van der Waals surface area contributed by atoms with Crippen molar-refractivity contribution >= 4 is 62.6 Å². The predicted molar refractivity (Wildman–Crippen MR) is 125 cm³/mol. The van der Waals surface area contributed by atoms with Crippen LogP contribution in [0.1, 0.15) is 5.69 Å². The summed E-state index contributed by atoms with van der Waals surface area (Å²) in [6, 6.07) is 9.51. The summed E-state index contributed by atoms with van der Waals surface area (Å²) in [6.45, 7) is 5.45. The van der Waals surface area contributed by atoms with Crippen LogP contribution in [0, 0.1) is 6.92 Å². The first-order valence-corrected chi connectivity index (χ1v) is 12.6. The lowest BCUT2D eigenvalue weighted by atomic mass is 10.2. The second kappa shape index (κ2) is 7.81. The zero-order chi connectivity index (χ0) is 21.5. The minimum absolute atomic E-state index is 0.414. The van der Waals surface area contributed by atoms with Gasteiger partial charge in [-0.3, -0.25) is 4.68 Å². The number of anilines is 4. The third kappa shape index (κ3) is 4.08. The van der Waals surface area contributed by atoms with Gasteiger partial charge >= 0.3 is 0 Å². The molecule has 0 aliphatic carbocycles. The molecule has 10 heteroatoms. The maximum absolute atomic E-state index is 12.6. The Morgan fingerprint density at radius 1 is 1.10 bits per heavy atom. The predicted octanol–water partition coefficient (Wildman–Crippen LogP) is 4.56. The van der Waals surface area contributed by atoms with Gasteiger partial charge in [0.15, 0.2) is 5.65 Å². The van der Waals surface area contributed by atoms with Gasteiger partial charge in [0, 0.05) is 23.9 Å². The summed E-state index contributed by atoms with van der Waals surface area (Å²) in [5.41, 5.74) is 3.24. The summed E-state index contributed by atoms with van der Waals surface area (Å²) < 4.78 is 15.1. The summed E-state index contributed by atoms with van der Waals surface area (Å²) in [6.07, 6.45) is 3.39. The molecule has 3 heterocycles. The first-order chi connectivity index (χ1) is 14.2. The molecule has 3 aromatic heterocycles. The van der Waals surface area contributed by atoms with E-state index < -0.39 is 7.14 Å². The van der Waals surface area contributed by atoms with Crippen LogP contribution in [0.25, 0.3) is 11.0 Å². The van der Waals surface area contributed by atoms with Crippen LogP contribution in [0.2, 0.25) is 0 Å². The Kier molecular flexibility index (Phi) is 5.34. The highest BCUT2D eigenvalue weighted by molar-refractivity contribution is 9.10. The first-order valence-electron chi connectivity index (χ1n) is 9.23. The van der Waals surface area contributed by atoms with E-state index >= 15 is 0 Å². The molecular formula is C20H21BrN7OP. The van der Waals surface area contributed by atoms with Crippen LogP contribution in [-0.4, -0.2) is 38.1 Å². The van der Waals surface area contributed by atoms with Gasteiger partial charge in [-0.15, -0.1) is 0 Å². The molecule has 2 N–H and O–H groups in total. The summed E-state index contributed by atoms with van der Waals surface area (Å²) in [5, 5.41) is 12.6. The van der Waals surface area contributed by atoms with E-state index in [0.717, 1.165) is 33.4 Å². The SMILES string of the molecule is Cc1nn(C)c2ncc(Nc3ncc(Br)c(Nc4ccccc4P(C)(C)=O)n3)cc12. The molecule has 0 bridgehead atoms. The number of hydrogen-bond donors (Lipinski definition) is 2. The Balaban J connectivity index is 1.65. The molecule has 154 valence electrons. The van der Waals surface area contributed by atoms with Gasteiger partial charge in [-0.05, 0) is 54.4 Å². The van der Waals surface area contributed by atoms with E-state index in [0.29, 0.717) is 16.2 Å². The Hall–Kier alpha value is -2.77. The molecule has 0 unspecified atom stereocenters. The Morgan fingerprint density at radius 3 is 2.63 bits per heavy atom. The van der Waals surface area contributed by atoms with Gasteiger partial charge in [-0.1, -0.05) is 12.1 Å². The maximum Gasteiger partial charge on any atom is 0.229 e. The summed E-state index contributed by atoms with van der Waals surface area (Å²) >= 11 is 3.49. The van der Waals surface area contributed by atoms with E-state index in [1.165, 1.54) is 0 Å². The Bertz CT molecular complexity index is 1300. The number of aryl methyl sites for hydroxylation is 2. The summed E-state index contributed by atoms with van der Waals surface area (Å²) in [7, 11) is -0.584. The fourth-order valence-electron chi connectivity index (χ4n) is 3.20. The largest absolute Gasteiger partial charge is 0.339 e. The molecular weight excluding hydrogens is 465 g/mol. The molecule has 30 heavy (non-hydrogen) atoms. The lowest BCUT2D eigenvalue weighted by molar-refractivity contribution is 0.588. The van der Waals surface area contributed by atoms with Gasteiger partial charge in [-0.2, -0.15) is 10.1 Å². The highest BCUT2D eigenvalue weighted by Crippen LogP contribution is 2.38. The quantitative estimate of drug-likeness (QED) is 0.399. The molecule has 0 aliphatic heterocycles. The highest BCUT2D eigenvalue weighted by atomic mass is 79.9. The second-order valence-corrected chi connectivity index (χ2v) is 11.4. The molecule has 0 saturated carbocycles. The number of nitrogens with zero attached hydrogens (tertiary/aromatic N) is 5. The maximum atomic E-state index is 12.6. The van der Waals surface area contributed by atoms with Gasteiger partial charge in [0.1, 0.15) is 13.0 Å². The third-order valence-corrected chi connectivity index (χ3v) is 6.73. The average molecular weight is 486 g/mol. The zero-order valence-electron chi connectivity index (χ0n) is 17.0. The highest BCUT2D eigenvalue weighted by Gasteiger charge is 2.17. The van der Waals surface area contributed by atoms with Crippen molar-refractivity contribution in [3.63, 3.8) is 0 Å². The first kappa shape index (κ1) is 20.5. The molecule has 0 atom stereocenters. The number of benzene rings is 1. The normalized spacial score (nSPS) is 11.6. The number of aromatic nitrogens is 5. The number of nitrogens with one attached hydrogen (secondary N) is 2. The van der Waals surface area contributed by atoms with E-state index in [1.54, 1.807) is 30.4 Å². The van der Waals surface area contributed by atoms with E-state index in [-0.39, 0.29) is 0 Å². The summed E-state index contributed by atoms with van der Waals surface area (Å²) in [5.74, 6) is 0.983. The van der Waals surface area contributed by atoms with Crippen molar-refractivity contribution in [3.8, 4) is 0 Å². The Labute approximate surface area is 182 Å². The van der Waals surface area contributed by atoms with Crippen molar-refractivity contribution in [3.05, 3.63) is 52.9 Å². The van der Waals surface area contributed by atoms with Gasteiger partial charge in [0.05, 0.1) is 27.7 Å². The molecule has 8 nitrogen and oxygen atoms in total.